The predicted molar refractivity (Wildman–Crippen MR) is 63.9 cm³/mol. The molecule has 0 atom stereocenters. The fourth-order valence-electron chi connectivity index (χ4n) is 1.89. The number of benzene rings is 1. The molecule has 0 aliphatic carbocycles. The molecule has 16 heavy (non-hydrogen) atoms. The Labute approximate surface area is 94.1 Å². The zero-order valence-electron chi connectivity index (χ0n) is 9.29. The van der Waals surface area contributed by atoms with Crippen molar-refractivity contribution < 1.29 is 9.90 Å². The molecule has 1 aromatic carbocycles. The lowest BCUT2D eigenvalue weighted by Gasteiger charge is -1.99. The minimum Gasteiger partial charge on any atom is -0.478 e. The van der Waals surface area contributed by atoms with E-state index < -0.39 is 5.97 Å². The number of aromatic carboxylic acids is 1. The SMILES string of the molecule is CCCCc1c[nH]c2ccc(C(=O)O)cc12. The molecule has 0 aliphatic rings. The summed E-state index contributed by atoms with van der Waals surface area (Å²) in [7, 11) is 0. The molecule has 3 nitrogen and oxygen atoms in total. The van der Waals surface area contributed by atoms with Gasteiger partial charge in [0.1, 0.15) is 0 Å². The van der Waals surface area contributed by atoms with Crippen molar-refractivity contribution in [1.29, 1.82) is 0 Å². The molecule has 0 unspecified atom stereocenters. The summed E-state index contributed by atoms with van der Waals surface area (Å²) in [5.74, 6) is -0.871. The zero-order valence-corrected chi connectivity index (χ0v) is 9.29. The van der Waals surface area contributed by atoms with Gasteiger partial charge in [-0.3, -0.25) is 0 Å². The summed E-state index contributed by atoms with van der Waals surface area (Å²) >= 11 is 0. The van der Waals surface area contributed by atoms with E-state index in [9.17, 15) is 4.79 Å². The molecule has 0 amide bonds. The van der Waals surface area contributed by atoms with Crippen molar-refractivity contribution in [2.75, 3.05) is 0 Å². The molecule has 0 aliphatic heterocycles. The average Bonchev–Trinajstić information content (AvgIpc) is 2.68. The third kappa shape index (κ3) is 1.94. The fraction of sp³-hybridized carbons (Fsp3) is 0.308. The van der Waals surface area contributed by atoms with Gasteiger partial charge in [0.05, 0.1) is 5.56 Å². The number of hydrogen-bond acceptors (Lipinski definition) is 1. The lowest BCUT2D eigenvalue weighted by Crippen LogP contribution is -1.95. The van der Waals surface area contributed by atoms with Crippen molar-refractivity contribution in [3.63, 3.8) is 0 Å². The van der Waals surface area contributed by atoms with Crippen molar-refractivity contribution in [3.05, 3.63) is 35.5 Å². The van der Waals surface area contributed by atoms with Crippen LogP contribution in [0.1, 0.15) is 35.7 Å². The fourth-order valence-corrected chi connectivity index (χ4v) is 1.89. The molecule has 3 heteroatoms. The van der Waals surface area contributed by atoms with Gasteiger partial charge >= 0.3 is 5.97 Å². The van der Waals surface area contributed by atoms with Crippen LogP contribution in [0.3, 0.4) is 0 Å². The number of nitrogens with one attached hydrogen (secondary N) is 1. The first-order valence-electron chi connectivity index (χ1n) is 5.55. The monoisotopic (exact) mass is 217 g/mol. The molecule has 0 spiro atoms. The largest absolute Gasteiger partial charge is 0.478 e. The molecule has 1 aromatic heterocycles. The molecule has 0 fully saturated rings. The van der Waals surface area contributed by atoms with E-state index in [2.05, 4.69) is 11.9 Å². The summed E-state index contributed by atoms with van der Waals surface area (Å²) < 4.78 is 0. The molecule has 2 aromatic rings. The van der Waals surface area contributed by atoms with Gasteiger partial charge in [0, 0.05) is 17.1 Å². The second-order valence-electron chi connectivity index (χ2n) is 3.98. The maximum atomic E-state index is 10.9. The number of hydrogen-bond donors (Lipinski definition) is 2. The van der Waals surface area contributed by atoms with Crippen molar-refractivity contribution >= 4 is 16.9 Å². The van der Waals surface area contributed by atoms with Crippen molar-refractivity contribution in [1.82, 2.24) is 4.98 Å². The van der Waals surface area contributed by atoms with Crippen molar-refractivity contribution in [2.24, 2.45) is 0 Å². The third-order valence-corrected chi connectivity index (χ3v) is 2.81. The number of aromatic amines is 1. The molecule has 0 bridgehead atoms. The van der Waals surface area contributed by atoms with Gasteiger partial charge in [-0.05, 0) is 36.6 Å². The summed E-state index contributed by atoms with van der Waals surface area (Å²) in [4.78, 5) is 14.1. The lowest BCUT2D eigenvalue weighted by molar-refractivity contribution is 0.0697. The second-order valence-corrected chi connectivity index (χ2v) is 3.98. The summed E-state index contributed by atoms with van der Waals surface area (Å²) in [6, 6.07) is 5.21. The number of unbranched alkanes of at least 4 members (excludes halogenated alkanes) is 1. The smallest absolute Gasteiger partial charge is 0.335 e. The normalized spacial score (nSPS) is 10.8. The van der Waals surface area contributed by atoms with Crippen LogP contribution in [-0.2, 0) is 6.42 Å². The van der Waals surface area contributed by atoms with Gasteiger partial charge < -0.3 is 10.1 Å². The number of aromatic nitrogens is 1. The van der Waals surface area contributed by atoms with E-state index in [1.54, 1.807) is 12.1 Å². The summed E-state index contributed by atoms with van der Waals surface area (Å²) in [5, 5.41) is 9.97. The van der Waals surface area contributed by atoms with Crippen LogP contribution in [0.2, 0.25) is 0 Å². The van der Waals surface area contributed by atoms with Crippen molar-refractivity contribution in [3.8, 4) is 0 Å². The zero-order chi connectivity index (χ0) is 11.5. The molecule has 0 saturated heterocycles. The van der Waals surface area contributed by atoms with Crippen LogP contribution in [0.25, 0.3) is 10.9 Å². The number of carbonyl (C=O) groups is 1. The van der Waals surface area contributed by atoms with Crippen LogP contribution in [0.5, 0.6) is 0 Å². The molecular formula is C13H15NO2. The maximum absolute atomic E-state index is 10.9. The Morgan fingerprint density at radius 1 is 1.44 bits per heavy atom. The van der Waals surface area contributed by atoms with Gasteiger partial charge in [-0.2, -0.15) is 0 Å². The lowest BCUT2D eigenvalue weighted by atomic mass is 10.1. The Morgan fingerprint density at radius 3 is 2.94 bits per heavy atom. The topological polar surface area (TPSA) is 53.1 Å². The number of rotatable bonds is 4. The first kappa shape index (κ1) is 10.7. The van der Waals surface area contributed by atoms with E-state index in [1.165, 1.54) is 5.56 Å². The van der Waals surface area contributed by atoms with Crippen LogP contribution in [0.15, 0.2) is 24.4 Å². The van der Waals surface area contributed by atoms with Crippen LogP contribution in [0, 0.1) is 0 Å². The van der Waals surface area contributed by atoms with Gasteiger partial charge in [0.2, 0.25) is 0 Å². The third-order valence-electron chi connectivity index (χ3n) is 2.81. The standard InChI is InChI=1S/C13H15NO2/c1-2-3-4-10-8-14-12-6-5-9(13(15)16)7-11(10)12/h5-8,14H,2-4H2,1H3,(H,15,16). The van der Waals surface area contributed by atoms with E-state index in [0.29, 0.717) is 5.56 Å². The van der Waals surface area contributed by atoms with Gasteiger partial charge in [-0.15, -0.1) is 0 Å². The molecular weight excluding hydrogens is 202 g/mol. The first-order valence-corrected chi connectivity index (χ1v) is 5.55. The Balaban J connectivity index is 2.43. The summed E-state index contributed by atoms with van der Waals surface area (Å²) in [5.41, 5.74) is 2.57. The minimum atomic E-state index is -0.871. The highest BCUT2D eigenvalue weighted by atomic mass is 16.4. The predicted octanol–water partition coefficient (Wildman–Crippen LogP) is 3.21. The highest BCUT2D eigenvalue weighted by molar-refractivity contribution is 5.94. The number of carboxylic acid groups (broad SMARTS) is 1. The van der Waals surface area contributed by atoms with Crippen LogP contribution >= 0.6 is 0 Å². The molecule has 1 heterocycles. The summed E-state index contributed by atoms with van der Waals surface area (Å²) in [6.45, 7) is 2.15. The highest BCUT2D eigenvalue weighted by Gasteiger charge is 2.07. The molecule has 0 radical (unpaired) electrons. The first-order chi connectivity index (χ1) is 7.72. The molecule has 84 valence electrons. The molecule has 2 N–H and O–H groups in total. The van der Waals surface area contributed by atoms with Crippen LogP contribution in [-0.4, -0.2) is 16.1 Å². The van der Waals surface area contributed by atoms with E-state index in [0.717, 1.165) is 30.2 Å². The van der Waals surface area contributed by atoms with E-state index in [4.69, 9.17) is 5.11 Å². The highest BCUT2D eigenvalue weighted by Crippen LogP contribution is 2.21. The molecule has 0 saturated carbocycles. The van der Waals surface area contributed by atoms with Gasteiger partial charge in [-0.1, -0.05) is 13.3 Å². The summed E-state index contributed by atoms with van der Waals surface area (Å²) in [6.07, 6.45) is 5.25. The van der Waals surface area contributed by atoms with E-state index in [-0.39, 0.29) is 0 Å². The maximum Gasteiger partial charge on any atom is 0.335 e. The van der Waals surface area contributed by atoms with Gasteiger partial charge in [0.15, 0.2) is 0 Å². The van der Waals surface area contributed by atoms with Crippen LogP contribution < -0.4 is 0 Å². The van der Waals surface area contributed by atoms with E-state index in [1.807, 2.05) is 12.3 Å². The van der Waals surface area contributed by atoms with E-state index >= 15 is 0 Å². The Morgan fingerprint density at radius 2 is 2.25 bits per heavy atom. The number of carboxylic acids is 1. The Kier molecular flexibility index (Phi) is 2.95. The number of aryl methyl sites for hydroxylation is 1. The molecule has 2 rings (SSSR count). The van der Waals surface area contributed by atoms with Crippen LogP contribution in [0.4, 0.5) is 0 Å². The van der Waals surface area contributed by atoms with Gasteiger partial charge in [-0.25, -0.2) is 4.79 Å². The number of H-pyrrole nitrogens is 1. The average molecular weight is 217 g/mol. The van der Waals surface area contributed by atoms with Crippen molar-refractivity contribution in [2.45, 2.75) is 26.2 Å². The number of fused-ring (bicyclic) bond motifs is 1. The Hall–Kier alpha value is -1.77. The van der Waals surface area contributed by atoms with Gasteiger partial charge in [0.25, 0.3) is 0 Å². The minimum absolute atomic E-state index is 0.352. The second kappa shape index (κ2) is 4.39. The quantitative estimate of drug-likeness (QED) is 0.826. The Bertz CT molecular complexity index is 514.